The molecule has 0 aromatic rings. The molecular weight excluding hydrogens is 244 g/mol. The fraction of sp³-hybridized carbons (Fsp3) is 0.842. The topological polar surface area (TPSA) is 17.1 Å². The van der Waals surface area contributed by atoms with E-state index in [0.717, 1.165) is 6.42 Å². The van der Waals surface area contributed by atoms with E-state index in [0.29, 0.717) is 6.42 Å². The van der Waals surface area contributed by atoms with Gasteiger partial charge in [-0.15, -0.1) is 0 Å². The standard InChI is InChI=1S/C19H36O/c1-3-5-6-7-8-9-10-11-12-13-14-15-16-17-18-19(20)4-2/h4H,2-3,5-18H2,1H3. The summed E-state index contributed by atoms with van der Waals surface area (Å²) in [6.07, 6.45) is 21.2. The van der Waals surface area contributed by atoms with Crippen LogP contribution in [0.15, 0.2) is 12.7 Å². The second-order valence-electron chi connectivity index (χ2n) is 6.02. The number of unbranched alkanes of at least 4 members (excludes halogenated alkanes) is 13. The lowest BCUT2D eigenvalue weighted by atomic mass is 10.0. The Morgan fingerprint density at radius 1 is 0.700 bits per heavy atom. The van der Waals surface area contributed by atoms with Crippen LogP contribution in [0.5, 0.6) is 0 Å². The zero-order valence-electron chi connectivity index (χ0n) is 13.8. The van der Waals surface area contributed by atoms with Gasteiger partial charge >= 0.3 is 0 Å². The van der Waals surface area contributed by atoms with Crippen LogP contribution in [0.2, 0.25) is 0 Å². The largest absolute Gasteiger partial charge is 0.295 e. The van der Waals surface area contributed by atoms with Crippen molar-refractivity contribution in [2.24, 2.45) is 0 Å². The third kappa shape index (κ3) is 15.5. The van der Waals surface area contributed by atoms with E-state index in [1.165, 1.54) is 89.5 Å². The van der Waals surface area contributed by atoms with Gasteiger partial charge in [-0.05, 0) is 12.5 Å². The molecule has 0 saturated carbocycles. The molecule has 0 amide bonds. The Hall–Kier alpha value is -0.590. The molecule has 0 aromatic carbocycles. The molecule has 1 heteroatoms. The molecule has 0 aliphatic heterocycles. The number of carbonyl (C=O) groups is 1. The Bertz CT molecular complexity index is 220. The van der Waals surface area contributed by atoms with Crippen molar-refractivity contribution in [2.45, 2.75) is 103 Å². The van der Waals surface area contributed by atoms with Gasteiger partial charge in [-0.3, -0.25) is 4.79 Å². The molecule has 0 fully saturated rings. The zero-order chi connectivity index (χ0) is 14.9. The van der Waals surface area contributed by atoms with Crippen LogP contribution in [0.4, 0.5) is 0 Å². The molecule has 20 heavy (non-hydrogen) atoms. The maximum absolute atomic E-state index is 11.0. The summed E-state index contributed by atoms with van der Waals surface area (Å²) >= 11 is 0. The number of ketones is 1. The molecule has 0 rings (SSSR count). The molecule has 1 nitrogen and oxygen atoms in total. The zero-order valence-corrected chi connectivity index (χ0v) is 13.8. The average molecular weight is 280 g/mol. The van der Waals surface area contributed by atoms with Crippen molar-refractivity contribution in [1.82, 2.24) is 0 Å². The number of allylic oxidation sites excluding steroid dienone is 1. The van der Waals surface area contributed by atoms with Gasteiger partial charge in [0.2, 0.25) is 0 Å². The van der Waals surface area contributed by atoms with Crippen molar-refractivity contribution in [3.63, 3.8) is 0 Å². The fourth-order valence-electron chi connectivity index (χ4n) is 2.60. The Labute approximate surface area is 127 Å². The lowest BCUT2D eigenvalue weighted by Crippen LogP contribution is -1.91. The molecule has 0 N–H and O–H groups in total. The molecule has 0 aliphatic carbocycles. The summed E-state index contributed by atoms with van der Waals surface area (Å²) in [5.74, 6) is 0.198. The van der Waals surface area contributed by atoms with Crippen molar-refractivity contribution in [1.29, 1.82) is 0 Å². The maximum Gasteiger partial charge on any atom is 0.155 e. The van der Waals surface area contributed by atoms with Gasteiger partial charge in [0.15, 0.2) is 5.78 Å². The molecule has 0 atom stereocenters. The fourth-order valence-corrected chi connectivity index (χ4v) is 2.60. The van der Waals surface area contributed by atoms with Gasteiger partial charge in [-0.25, -0.2) is 0 Å². The number of rotatable bonds is 16. The van der Waals surface area contributed by atoms with Crippen molar-refractivity contribution < 1.29 is 4.79 Å². The van der Waals surface area contributed by atoms with Gasteiger partial charge in [0, 0.05) is 6.42 Å². The lowest BCUT2D eigenvalue weighted by molar-refractivity contribution is -0.114. The molecule has 0 unspecified atom stereocenters. The minimum atomic E-state index is 0.198. The summed E-state index contributed by atoms with van der Waals surface area (Å²) < 4.78 is 0. The summed E-state index contributed by atoms with van der Waals surface area (Å²) in [7, 11) is 0. The van der Waals surface area contributed by atoms with Gasteiger partial charge in [0.1, 0.15) is 0 Å². The van der Waals surface area contributed by atoms with Crippen LogP contribution in [0.1, 0.15) is 103 Å². The summed E-state index contributed by atoms with van der Waals surface area (Å²) in [5, 5.41) is 0. The van der Waals surface area contributed by atoms with E-state index in [4.69, 9.17) is 0 Å². The van der Waals surface area contributed by atoms with Crippen molar-refractivity contribution in [2.75, 3.05) is 0 Å². The molecule has 0 heterocycles. The van der Waals surface area contributed by atoms with Gasteiger partial charge < -0.3 is 0 Å². The van der Waals surface area contributed by atoms with E-state index < -0.39 is 0 Å². The molecule has 0 saturated heterocycles. The first-order chi connectivity index (χ1) is 9.81. The van der Waals surface area contributed by atoms with Crippen LogP contribution in [0.25, 0.3) is 0 Å². The summed E-state index contributed by atoms with van der Waals surface area (Å²) in [4.78, 5) is 11.0. The van der Waals surface area contributed by atoms with Crippen LogP contribution in [-0.2, 0) is 4.79 Å². The quantitative estimate of drug-likeness (QED) is 0.229. The first-order valence-electron chi connectivity index (χ1n) is 8.96. The Morgan fingerprint density at radius 3 is 1.40 bits per heavy atom. The average Bonchev–Trinajstić information content (AvgIpc) is 2.47. The summed E-state index contributed by atoms with van der Waals surface area (Å²) in [5.41, 5.74) is 0. The SMILES string of the molecule is C=CC(=O)CCCCCCCCCCCCCCCC. The van der Waals surface area contributed by atoms with E-state index >= 15 is 0 Å². The van der Waals surface area contributed by atoms with Crippen LogP contribution in [0, 0.1) is 0 Å². The van der Waals surface area contributed by atoms with Gasteiger partial charge in [-0.2, -0.15) is 0 Å². The highest BCUT2D eigenvalue weighted by atomic mass is 16.1. The molecule has 0 bridgehead atoms. The third-order valence-corrected chi connectivity index (χ3v) is 4.00. The van der Waals surface area contributed by atoms with E-state index in [2.05, 4.69) is 13.5 Å². The molecule has 0 radical (unpaired) electrons. The van der Waals surface area contributed by atoms with Gasteiger partial charge in [0.05, 0.1) is 0 Å². The first-order valence-corrected chi connectivity index (χ1v) is 8.96. The first kappa shape index (κ1) is 19.4. The lowest BCUT2D eigenvalue weighted by Gasteiger charge is -2.03. The van der Waals surface area contributed by atoms with Crippen LogP contribution < -0.4 is 0 Å². The third-order valence-electron chi connectivity index (χ3n) is 4.00. The number of carbonyl (C=O) groups excluding carboxylic acids is 1. The Balaban J connectivity index is 2.99. The van der Waals surface area contributed by atoms with Crippen molar-refractivity contribution in [3.05, 3.63) is 12.7 Å². The maximum atomic E-state index is 11.0. The molecule has 0 aromatic heterocycles. The van der Waals surface area contributed by atoms with Crippen molar-refractivity contribution >= 4 is 5.78 Å². The van der Waals surface area contributed by atoms with E-state index in [-0.39, 0.29) is 5.78 Å². The summed E-state index contributed by atoms with van der Waals surface area (Å²) in [6, 6.07) is 0. The van der Waals surface area contributed by atoms with E-state index in [1.54, 1.807) is 0 Å². The van der Waals surface area contributed by atoms with Crippen LogP contribution in [0.3, 0.4) is 0 Å². The van der Waals surface area contributed by atoms with Crippen LogP contribution in [-0.4, -0.2) is 5.78 Å². The molecule has 0 spiro atoms. The highest BCUT2D eigenvalue weighted by Crippen LogP contribution is 2.13. The second kappa shape index (κ2) is 16.5. The predicted molar refractivity (Wildman–Crippen MR) is 90.1 cm³/mol. The normalized spacial score (nSPS) is 10.7. The van der Waals surface area contributed by atoms with Gasteiger partial charge in [-0.1, -0.05) is 97.0 Å². The smallest absolute Gasteiger partial charge is 0.155 e. The molecular formula is C19H36O. The highest BCUT2D eigenvalue weighted by molar-refractivity contribution is 5.88. The minimum Gasteiger partial charge on any atom is -0.295 e. The Morgan fingerprint density at radius 2 is 1.05 bits per heavy atom. The Kier molecular flexibility index (Phi) is 16.0. The van der Waals surface area contributed by atoms with Crippen molar-refractivity contribution in [3.8, 4) is 0 Å². The number of hydrogen-bond acceptors (Lipinski definition) is 1. The minimum absolute atomic E-state index is 0.198. The molecule has 118 valence electrons. The second-order valence-corrected chi connectivity index (χ2v) is 6.02. The summed E-state index contributed by atoms with van der Waals surface area (Å²) in [6.45, 7) is 5.77. The monoisotopic (exact) mass is 280 g/mol. The predicted octanol–water partition coefficient (Wildman–Crippen LogP) is 6.61. The van der Waals surface area contributed by atoms with E-state index in [9.17, 15) is 4.79 Å². The number of hydrogen-bond donors (Lipinski definition) is 0. The van der Waals surface area contributed by atoms with E-state index in [1.807, 2.05) is 0 Å². The van der Waals surface area contributed by atoms with Crippen LogP contribution >= 0.6 is 0 Å². The highest BCUT2D eigenvalue weighted by Gasteiger charge is 1.96. The molecule has 0 aliphatic rings. The van der Waals surface area contributed by atoms with Gasteiger partial charge in [0.25, 0.3) is 0 Å².